The quantitative estimate of drug-likeness (QED) is 0.766. The van der Waals surface area contributed by atoms with Gasteiger partial charge in [0.05, 0.1) is 14.2 Å². The third kappa shape index (κ3) is 3.76. The van der Waals surface area contributed by atoms with Gasteiger partial charge in [-0.05, 0) is 43.0 Å². The molecule has 1 aromatic carbocycles. The lowest BCUT2D eigenvalue weighted by Crippen LogP contribution is -2.29. The summed E-state index contributed by atoms with van der Waals surface area (Å²) >= 11 is 5.89. The molecule has 25 heavy (non-hydrogen) atoms. The van der Waals surface area contributed by atoms with E-state index >= 15 is 0 Å². The van der Waals surface area contributed by atoms with Gasteiger partial charge in [0.25, 0.3) is 5.91 Å². The summed E-state index contributed by atoms with van der Waals surface area (Å²) in [5.41, 5.74) is 0.756. The van der Waals surface area contributed by atoms with Gasteiger partial charge < -0.3 is 20.1 Å². The molecule has 1 aromatic heterocycles. The second-order valence-electron chi connectivity index (χ2n) is 5.67. The molecule has 1 amide bonds. The van der Waals surface area contributed by atoms with Gasteiger partial charge in [-0.25, -0.2) is 4.98 Å². The van der Waals surface area contributed by atoms with E-state index in [2.05, 4.69) is 20.6 Å². The molecule has 0 atom stereocenters. The fourth-order valence-electron chi connectivity index (χ4n) is 2.54. The molecule has 132 valence electrons. The van der Waals surface area contributed by atoms with Gasteiger partial charge in [-0.3, -0.25) is 4.79 Å². The fraction of sp³-hybridized carbons (Fsp3) is 0.353. The zero-order valence-electron chi connectivity index (χ0n) is 14.0. The summed E-state index contributed by atoms with van der Waals surface area (Å²) in [5, 5.41) is 6.16. The first-order valence-corrected chi connectivity index (χ1v) is 8.31. The highest BCUT2D eigenvalue weighted by atomic mass is 35.5. The third-order valence-corrected chi connectivity index (χ3v) is 4.30. The van der Waals surface area contributed by atoms with Crippen LogP contribution in [-0.4, -0.2) is 36.1 Å². The monoisotopic (exact) mass is 362 g/mol. The Labute approximate surface area is 150 Å². The Hall–Kier alpha value is -2.54. The van der Waals surface area contributed by atoms with Crippen LogP contribution in [0.3, 0.4) is 0 Å². The number of benzene rings is 1. The number of ether oxygens (including phenoxy) is 2. The van der Waals surface area contributed by atoms with E-state index in [0.717, 1.165) is 19.3 Å². The lowest BCUT2D eigenvalue weighted by molar-refractivity contribution is 0.102. The van der Waals surface area contributed by atoms with E-state index in [-0.39, 0.29) is 11.2 Å². The van der Waals surface area contributed by atoms with E-state index in [1.807, 2.05) is 0 Å². The lowest BCUT2D eigenvalue weighted by atomic mass is 9.93. The summed E-state index contributed by atoms with van der Waals surface area (Å²) in [5.74, 6) is 1.05. The second kappa shape index (κ2) is 7.57. The van der Waals surface area contributed by atoms with Crippen LogP contribution in [0.4, 0.5) is 11.5 Å². The number of hydrogen-bond donors (Lipinski definition) is 2. The number of nitrogens with one attached hydrogen (secondary N) is 2. The van der Waals surface area contributed by atoms with Crippen molar-refractivity contribution in [1.29, 1.82) is 0 Å². The molecule has 1 heterocycles. The summed E-state index contributed by atoms with van der Waals surface area (Å²) in [6, 6.07) is 5.56. The number of aromatic nitrogens is 2. The Morgan fingerprint density at radius 3 is 2.48 bits per heavy atom. The number of rotatable bonds is 6. The highest BCUT2D eigenvalue weighted by Gasteiger charge is 2.23. The molecule has 1 saturated carbocycles. The van der Waals surface area contributed by atoms with Crippen LogP contribution in [0.25, 0.3) is 0 Å². The van der Waals surface area contributed by atoms with Crippen LogP contribution in [0.1, 0.15) is 29.6 Å². The molecule has 1 aliphatic rings. The van der Waals surface area contributed by atoms with Crippen molar-refractivity contribution in [1.82, 2.24) is 9.97 Å². The number of amides is 1. The van der Waals surface area contributed by atoms with Gasteiger partial charge in [0.1, 0.15) is 28.6 Å². The molecular formula is C17H19ClN4O3. The fourth-order valence-corrected chi connectivity index (χ4v) is 2.67. The topological polar surface area (TPSA) is 85.4 Å². The molecule has 3 rings (SSSR count). The number of hydrogen-bond acceptors (Lipinski definition) is 6. The Balaban J connectivity index is 1.89. The zero-order valence-corrected chi connectivity index (χ0v) is 14.8. The van der Waals surface area contributed by atoms with Crippen molar-refractivity contribution in [3.63, 3.8) is 0 Å². The first-order chi connectivity index (χ1) is 12.1. The normalized spacial score (nSPS) is 13.7. The highest BCUT2D eigenvalue weighted by molar-refractivity contribution is 6.28. The highest BCUT2D eigenvalue weighted by Crippen LogP contribution is 2.35. The molecule has 0 bridgehead atoms. The zero-order chi connectivity index (χ0) is 17.8. The van der Waals surface area contributed by atoms with Gasteiger partial charge in [0.2, 0.25) is 5.28 Å². The van der Waals surface area contributed by atoms with Gasteiger partial charge in [0.15, 0.2) is 0 Å². The lowest BCUT2D eigenvalue weighted by Gasteiger charge is -2.27. The van der Waals surface area contributed by atoms with Crippen molar-refractivity contribution in [2.75, 3.05) is 24.9 Å². The van der Waals surface area contributed by atoms with Gasteiger partial charge in [-0.1, -0.05) is 6.07 Å². The van der Waals surface area contributed by atoms with Crippen molar-refractivity contribution in [2.24, 2.45) is 0 Å². The molecule has 2 aromatic rings. The van der Waals surface area contributed by atoms with Crippen molar-refractivity contribution < 1.29 is 14.3 Å². The van der Waals surface area contributed by atoms with Gasteiger partial charge >= 0.3 is 0 Å². The molecule has 1 aliphatic carbocycles. The maximum absolute atomic E-state index is 12.8. The summed E-state index contributed by atoms with van der Waals surface area (Å²) in [7, 11) is 3.05. The number of carbonyl (C=O) groups is 1. The predicted octanol–water partition coefficient (Wildman–Crippen LogP) is 3.36. The minimum absolute atomic E-state index is 0.0910. The molecule has 1 fully saturated rings. The van der Waals surface area contributed by atoms with E-state index in [9.17, 15) is 4.79 Å². The molecule has 0 aliphatic heterocycles. The minimum Gasteiger partial charge on any atom is -0.494 e. The molecule has 2 N–H and O–H groups in total. The largest absolute Gasteiger partial charge is 0.494 e. The number of methoxy groups -OCH3 is 2. The summed E-state index contributed by atoms with van der Waals surface area (Å²) in [6.07, 6.45) is 4.66. The molecule has 7 nitrogen and oxygen atoms in total. The van der Waals surface area contributed by atoms with E-state index in [4.69, 9.17) is 21.1 Å². The van der Waals surface area contributed by atoms with Gasteiger partial charge in [-0.2, -0.15) is 4.98 Å². The van der Waals surface area contributed by atoms with Gasteiger partial charge in [0, 0.05) is 12.2 Å². The van der Waals surface area contributed by atoms with Crippen LogP contribution in [0, 0.1) is 0 Å². The molecule has 8 heteroatoms. The number of anilines is 2. The number of carbonyl (C=O) groups excluding carboxylic acids is 1. The number of nitrogens with zero attached hydrogens (tertiary/aromatic N) is 2. The Morgan fingerprint density at radius 2 is 1.92 bits per heavy atom. The Bertz CT molecular complexity index is 758. The van der Waals surface area contributed by atoms with Crippen molar-refractivity contribution in [3.8, 4) is 11.5 Å². The van der Waals surface area contributed by atoms with E-state index in [1.165, 1.54) is 20.4 Å². The molecule has 0 radical (unpaired) electrons. The Kier molecular flexibility index (Phi) is 5.23. The predicted molar refractivity (Wildman–Crippen MR) is 95.8 cm³/mol. The molecular weight excluding hydrogens is 344 g/mol. The number of para-hydroxylation sites is 1. The first-order valence-electron chi connectivity index (χ1n) is 7.93. The maximum atomic E-state index is 12.8. The standard InChI is InChI=1S/C17H19ClN4O3/c1-24-12-7-4-8-13(25-2)14(12)21-16(23)11-9-19-17(18)22-15(11)20-10-5-3-6-10/h4,7-10H,3,5-6H2,1-2H3,(H,21,23)(H,19,20,22). The first kappa shape index (κ1) is 17.3. The second-order valence-corrected chi connectivity index (χ2v) is 6.00. The van der Waals surface area contributed by atoms with Crippen LogP contribution in [0.5, 0.6) is 11.5 Å². The molecule has 0 unspecified atom stereocenters. The van der Waals surface area contributed by atoms with Crippen molar-refractivity contribution in [3.05, 3.63) is 35.2 Å². The SMILES string of the molecule is COc1cccc(OC)c1NC(=O)c1cnc(Cl)nc1NC1CCC1. The average molecular weight is 363 g/mol. The van der Waals surface area contributed by atoms with Crippen molar-refractivity contribution >= 4 is 29.0 Å². The van der Waals surface area contributed by atoms with Crippen LogP contribution in [0.2, 0.25) is 5.28 Å². The van der Waals surface area contributed by atoms with Gasteiger partial charge in [-0.15, -0.1) is 0 Å². The number of halogens is 1. The smallest absolute Gasteiger partial charge is 0.261 e. The van der Waals surface area contributed by atoms with Crippen LogP contribution < -0.4 is 20.1 Å². The maximum Gasteiger partial charge on any atom is 0.261 e. The summed E-state index contributed by atoms with van der Waals surface area (Å²) in [6.45, 7) is 0. The van der Waals surface area contributed by atoms with E-state index in [1.54, 1.807) is 18.2 Å². The summed E-state index contributed by atoms with van der Waals surface area (Å²) < 4.78 is 10.6. The summed E-state index contributed by atoms with van der Waals surface area (Å²) in [4.78, 5) is 20.9. The molecule has 0 saturated heterocycles. The Morgan fingerprint density at radius 1 is 1.24 bits per heavy atom. The van der Waals surface area contributed by atoms with Crippen molar-refractivity contribution in [2.45, 2.75) is 25.3 Å². The van der Waals surface area contributed by atoms with E-state index < -0.39 is 0 Å². The van der Waals surface area contributed by atoms with Crippen LogP contribution in [-0.2, 0) is 0 Å². The van der Waals surface area contributed by atoms with Crippen LogP contribution >= 0.6 is 11.6 Å². The molecule has 0 spiro atoms. The van der Waals surface area contributed by atoms with Crippen LogP contribution in [0.15, 0.2) is 24.4 Å². The third-order valence-electron chi connectivity index (χ3n) is 4.12. The minimum atomic E-state index is -0.374. The van der Waals surface area contributed by atoms with E-state index in [0.29, 0.717) is 34.6 Å². The average Bonchev–Trinajstić information content (AvgIpc) is 2.58.